The summed E-state index contributed by atoms with van der Waals surface area (Å²) in [5.74, 6) is 0.732. The number of unbranched alkanes of at least 4 members (excludes halogenated alkanes) is 18. The van der Waals surface area contributed by atoms with E-state index in [1.165, 1.54) is 141 Å². The molecule has 0 aliphatic carbocycles. The molecule has 0 aromatic heterocycles. The first-order valence-corrected chi connectivity index (χ1v) is 14.7. The molecule has 0 aliphatic rings. The lowest BCUT2D eigenvalue weighted by atomic mass is 9.82. The molecule has 0 radical (unpaired) electrons. The van der Waals surface area contributed by atoms with Crippen molar-refractivity contribution in [3.05, 3.63) is 0 Å². The van der Waals surface area contributed by atoms with Gasteiger partial charge >= 0.3 is 0 Å². The van der Waals surface area contributed by atoms with Crippen LogP contribution in [0.25, 0.3) is 0 Å². The maximum Gasteiger partial charge on any atom is 0.0654 e. The Bertz CT molecular complexity index is 335. The molecule has 1 heteroatoms. The van der Waals surface area contributed by atoms with Crippen molar-refractivity contribution in [1.29, 1.82) is 0 Å². The van der Waals surface area contributed by atoms with Gasteiger partial charge in [0.25, 0.3) is 0 Å². The molecule has 0 saturated heterocycles. The van der Waals surface area contributed by atoms with Gasteiger partial charge in [-0.15, -0.1) is 0 Å². The summed E-state index contributed by atoms with van der Waals surface area (Å²) in [6.07, 6.45) is 31.4. The van der Waals surface area contributed by atoms with Crippen molar-refractivity contribution in [3.63, 3.8) is 0 Å². The van der Waals surface area contributed by atoms with Crippen LogP contribution in [0.2, 0.25) is 0 Å². The molecule has 0 saturated carbocycles. The van der Waals surface area contributed by atoms with Crippen LogP contribution in [-0.4, -0.2) is 12.2 Å². The Labute approximate surface area is 198 Å². The predicted molar refractivity (Wildman–Crippen MR) is 142 cm³/mol. The van der Waals surface area contributed by atoms with E-state index < -0.39 is 0 Å². The van der Waals surface area contributed by atoms with Crippen LogP contribution in [0.5, 0.6) is 0 Å². The summed E-state index contributed by atoms with van der Waals surface area (Å²) in [7, 11) is 0. The van der Waals surface area contributed by atoms with E-state index in [0.717, 1.165) is 12.5 Å². The van der Waals surface area contributed by atoms with Gasteiger partial charge in [-0.1, -0.05) is 142 Å². The van der Waals surface area contributed by atoms with E-state index in [0.29, 0.717) is 0 Å². The number of rotatable bonds is 25. The summed E-state index contributed by atoms with van der Waals surface area (Å²) in [5.41, 5.74) is 0.0503. The third-order valence-electron chi connectivity index (χ3n) is 7.31. The fourth-order valence-electron chi connectivity index (χ4n) is 5.09. The molecule has 0 amide bonds. The van der Waals surface area contributed by atoms with E-state index in [2.05, 4.69) is 34.6 Å². The quantitative estimate of drug-likeness (QED) is 0.129. The third kappa shape index (κ3) is 20.3. The second-order valence-corrected chi connectivity index (χ2v) is 10.7. The van der Waals surface area contributed by atoms with Crippen molar-refractivity contribution in [2.45, 2.75) is 181 Å². The van der Waals surface area contributed by atoms with Gasteiger partial charge in [0.15, 0.2) is 0 Å². The van der Waals surface area contributed by atoms with Gasteiger partial charge in [-0.05, 0) is 39.5 Å². The van der Waals surface area contributed by atoms with Crippen molar-refractivity contribution in [2.24, 2.45) is 5.92 Å². The fraction of sp³-hybridized carbons (Fsp3) is 1.00. The second-order valence-electron chi connectivity index (χ2n) is 10.7. The lowest BCUT2D eigenvalue weighted by Crippen LogP contribution is -2.34. The summed E-state index contributed by atoms with van der Waals surface area (Å²) in [6, 6.07) is 0. The van der Waals surface area contributed by atoms with Gasteiger partial charge in [-0.25, -0.2) is 0 Å². The molecule has 1 nitrogen and oxygen atoms in total. The first-order chi connectivity index (χ1) is 15.1. The Hall–Kier alpha value is -0.0400. The average Bonchev–Trinajstić information content (AvgIpc) is 2.74. The smallest absolute Gasteiger partial charge is 0.0654 e. The zero-order chi connectivity index (χ0) is 23.0. The van der Waals surface area contributed by atoms with Crippen LogP contribution in [0.4, 0.5) is 0 Å². The highest BCUT2D eigenvalue weighted by Crippen LogP contribution is 2.31. The van der Waals surface area contributed by atoms with Crippen molar-refractivity contribution < 1.29 is 4.74 Å². The molecule has 0 heterocycles. The molecule has 0 bridgehead atoms. The van der Waals surface area contributed by atoms with Gasteiger partial charge in [0.05, 0.1) is 5.60 Å². The number of hydrogen-bond donors (Lipinski definition) is 0. The second kappa shape index (κ2) is 23.1. The molecule has 0 rings (SSSR count). The minimum absolute atomic E-state index is 0.0503. The summed E-state index contributed by atoms with van der Waals surface area (Å²) in [4.78, 5) is 0. The Morgan fingerprint density at radius 3 is 1.03 bits per heavy atom. The van der Waals surface area contributed by atoms with E-state index in [-0.39, 0.29) is 5.60 Å². The zero-order valence-electron chi connectivity index (χ0n) is 22.7. The van der Waals surface area contributed by atoms with Crippen LogP contribution in [-0.2, 0) is 4.74 Å². The Morgan fingerprint density at radius 2 is 0.742 bits per heavy atom. The molecule has 0 aromatic rings. The zero-order valence-corrected chi connectivity index (χ0v) is 22.7. The van der Waals surface area contributed by atoms with Crippen LogP contribution < -0.4 is 0 Å². The normalized spacial score (nSPS) is 13.1. The lowest BCUT2D eigenvalue weighted by molar-refractivity contribution is -0.0605. The van der Waals surface area contributed by atoms with Gasteiger partial charge in [0.1, 0.15) is 0 Å². The van der Waals surface area contributed by atoms with Gasteiger partial charge in [-0.3, -0.25) is 0 Å². The maximum absolute atomic E-state index is 6.16. The monoisotopic (exact) mass is 438 g/mol. The summed E-state index contributed by atoms with van der Waals surface area (Å²) >= 11 is 0. The van der Waals surface area contributed by atoms with Crippen LogP contribution >= 0.6 is 0 Å². The first-order valence-electron chi connectivity index (χ1n) is 14.7. The van der Waals surface area contributed by atoms with Crippen molar-refractivity contribution in [2.75, 3.05) is 6.61 Å². The molecule has 0 spiro atoms. The van der Waals surface area contributed by atoms with Crippen molar-refractivity contribution in [3.8, 4) is 0 Å². The maximum atomic E-state index is 6.16. The van der Waals surface area contributed by atoms with Crippen LogP contribution in [0.15, 0.2) is 0 Å². The minimum Gasteiger partial charge on any atom is -0.376 e. The third-order valence-corrected chi connectivity index (χ3v) is 7.31. The summed E-state index contributed by atoms with van der Waals surface area (Å²) in [6.45, 7) is 12.3. The summed E-state index contributed by atoms with van der Waals surface area (Å²) in [5, 5.41) is 0. The molecule has 1 unspecified atom stereocenters. The molecule has 0 aliphatic heterocycles. The lowest BCUT2D eigenvalue weighted by Gasteiger charge is -2.34. The molecule has 0 fully saturated rings. The van der Waals surface area contributed by atoms with E-state index >= 15 is 0 Å². The SMILES string of the molecule is CCCCCCCCCCCCCCCCC(CCCCCCCC)C(C)(C)OCC. The predicted octanol–water partition coefficient (Wildman–Crippen LogP) is 11.0. The van der Waals surface area contributed by atoms with Gasteiger partial charge in [0.2, 0.25) is 0 Å². The van der Waals surface area contributed by atoms with Crippen LogP contribution in [0.3, 0.4) is 0 Å². The molecule has 31 heavy (non-hydrogen) atoms. The van der Waals surface area contributed by atoms with Crippen molar-refractivity contribution in [1.82, 2.24) is 0 Å². The highest BCUT2D eigenvalue weighted by atomic mass is 16.5. The Morgan fingerprint density at radius 1 is 0.452 bits per heavy atom. The summed E-state index contributed by atoms with van der Waals surface area (Å²) < 4.78 is 6.16. The van der Waals surface area contributed by atoms with Gasteiger partial charge in [-0.2, -0.15) is 0 Å². The first kappa shape index (κ1) is 31.0. The molecule has 0 N–H and O–H groups in total. The van der Waals surface area contributed by atoms with E-state index in [1.807, 2.05) is 0 Å². The highest BCUT2D eigenvalue weighted by molar-refractivity contribution is 4.79. The van der Waals surface area contributed by atoms with E-state index in [1.54, 1.807) is 0 Å². The Kier molecular flexibility index (Phi) is 23.1. The minimum atomic E-state index is 0.0503. The van der Waals surface area contributed by atoms with Gasteiger partial charge < -0.3 is 4.74 Å². The topological polar surface area (TPSA) is 9.23 Å². The standard InChI is InChI=1S/C30H62O/c1-6-9-11-13-15-16-17-18-19-20-21-22-24-26-28-29(30(4,5)31-8-3)27-25-23-14-12-10-7-2/h29H,6-28H2,1-5H3. The molecule has 188 valence electrons. The molecule has 1 atom stereocenters. The largest absolute Gasteiger partial charge is 0.376 e. The number of ether oxygens (including phenoxy) is 1. The van der Waals surface area contributed by atoms with E-state index in [4.69, 9.17) is 4.74 Å². The average molecular weight is 439 g/mol. The van der Waals surface area contributed by atoms with E-state index in [9.17, 15) is 0 Å². The van der Waals surface area contributed by atoms with Crippen LogP contribution in [0, 0.1) is 5.92 Å². The molecular formula is C30H62O. The van der Waals surface area contributed by atoms with Crippen molar-refractivity contribution >= 4 is 0 Å². The fourth-order valence-corrected chi connectivity index (χ4v) is 5.09. The molecular weight excluding hydrogens is 376 g/mol. The number of hydrogen-bond acceptors (Lipinski definition) is 1. The Balaban J connectivity index is 3.75. The molecule has 0 aromatic carbocycles. The van der Waals surface area contributed by atoms with Crippen LogP contribution in [0.1, 0.15) is 176 Å². The highest BCUT2D eigenvalue weighted by Gasteiger charge is 2.28. The van der Waals surface area contributed by atoms with Gasteiger partial charge in [0, 0.05) is 6.61 Å².